The molecule has 0 aromatic rings. The van der Waals surface area contributed by atoms with Crippen molar-refractivity contribution in [1.82, 2.24) is 0 Å². The number of aliphatic hydroxyl groups is 1. The smallest absolute Gasteiger partial charge is 0.0594 e. The van der Waals surface area contributed by atoms with E-state index in [-0.39, 0.29) is 22.3 Å². The van der Waals surface area contributed by atoms with Gasteiger partial charge in [-0.1, -0.05) is 78.7 Å². The van der Waals surface area contributed by atoms with E-state index in [9.17, 15) is 5.11 Å². The summed E-state index contributed by atoms with van der Waals surface area (Å²) in [6.45, 7) is 20.2. The van der Waals surface area contributed by atoms with Crippen molar-refractivity contribution in [3.05, 3.63) is 23.3 Å². The van der Waals surface area contributed by atoms with Crippen LogP contribution < -0.4 is 0 Å². The summed E-state index contributed by atoms with van der Waals surface area (Å²) >= 11 is 0. The lowest BCUT2D eigenvalue weighted by Crippen LogP contribution is -2.59. The molecule has 1 nitrogen and oxygen atoms in total. The summed E-state index contributed by atoms with van der Waals surface area (Å²) in [4.78, 5) is 0. The van der Waals surface area contributed by atoms with E-state index in [4.69, 9.17) is 0 Å². The summed E-state index contributed by atoms with van der Waals surface area (Å²) in [5.74, 6) is 3.05. The second kappa shape index (κ2) is 6.52. The Morgan fingerprint density at radius 2 is 1.42 bits per heavy atom. The Labute approximate surface area is 192 Å². The quantitative estimate of drug-likeness (QED) is 0.391. The lowest BCUT2D eigenvalue weighted by molar-refractivity contribution is -0.112. The molecule has 0 radical (unpaired) electrons. The molecule has 0 bridgehead atoms. The molecule has 9 atom stereocenters. The molecule has 0 amide bonds. The molecule has 0 heterocycles. The predicted molar refractivity (Wildman–Crippen MR) is 131 cm³/mol. The molecule has 1 N–H and O–H groups in total. The van der Waals surface area contributed by atoms with Crippen LogP contribution in [-0.2, 0) is 0 Å². The number of hydrogen-bond donors (Lipinski definition) is 1. The molecule has 0 spiro atoms. The normalized spacial score (nSPS) is 55.7. The zero-order valence-corrected chi connectivity index (χ0v) is 21.6. The third-order valence-electron chi connectivity index (χ3n) is 12.3. The number of allylic oxidation sites excluding steroid dienone is 4. The van der Waals surface area contributed by atoms with Gasteiger partial charge in [0.05, 0.1) is 6.10 Å². The molecule has 31 heavy (non-hydrogen) atoms. The lowest BCUT2D eigenvalue weighted by atomic mass is 9.37. The molecule has 0 unspecified atom stereocenters. The van der Waals surface area contributed by atoms with Gasteiger partial charge in [0, 0.05) is 5.41 Å². The zero-order chi connectivity index (χ0) is 22.6. The van der Waals surface area contributed by atoms with E-state index in [1.807, 2.05) is 5.57 Å². The van der Waals surface area contributed by atoms with Crippen LogP contribution in [0.15, 0.2) is 23.3 Å². The van der Waals surface area contributed by atoms with Crippen molar-refractivity contribution < 1.29 is 5.11 Å². The molecule has 1 heteroatoms. The van der Waals surface area contributed by atoms with Gasteiger partial charge in [-0.3, -0.25) is 0 Å². The Morgan fingerprint density at radius 3 is 2.13 bits per heavy atom. The summed E-state index contributed by atoms with van der Waals surface area (Å²) in [7, 11) is 0. The zero-order valence-electron chi connectivity index (χ0n) is 21.6. The van der Waals surface area contributed by atoms with Gasteiger partial charge in [-0.2, -0.15) is 0 Å². The van der Waals surface area contributed by atoms with Crippen LogP contribution in [0.5, 0.6) is 0 Å². The van der Waals surface area contributed by atoms with E-state index >= 15 is 0 Å². The van der Waals surface area contributed by atoms with Crippen molar-refractivity contribution in [2.75, 3.05) is 0 Å². The summed E-state index contributed by atoms with van der Waals surface area (Å²) < 4.78 is 0. The van der Waals surface area contributed by atoms with Crippen LogP contribution in [0.3, 0.4) is 0 Å². The Hall–Kier alpha value is -0.560. The van der Waals surface area contributed by atoms with Gasteiger partial charge in [0.2, 0.25) is 0 Å². The minimum atomic E-state index is -0.149. The van der Waals surface area contributed by atoms with Crippen LogP contribution in [-0.4, -0.2) is 11.2 Å². The number of hydrogen-bond acceptors (Lipinski definition) is 1. The van der Waals surface area contributed by atoms with Crippen molar-refractivity contribution in [2.45, 2.75) is 113 Å². The molecule has 5 rings (SSSR count). The highest BCUT2D eigenvalue weighted by Gasteiger charge is 2.64. The minimum Gasteiger partial charge on any atom is -0.393 e. The van der Waals surface area contributed by atoms with Crippen LogP contribution in [0, 0.1) is 50.7 Å². The topological polar surface area (TPSA) is 20.2 Å². The SMILES string of the molecule is C[C@H]1[C@H](C)CC[C@]2(C)CC=C3[C@]4(C)CC[C@H]5C(C)(C)[C@@H](O)CC[C@]5(C)C4=CC[C@@]3(C)[C@H]12. The van der Waals surface area contributed by atoms with Gasteiger partial charge in [0.1, 0.15) is 0 Å². The Balaban J connectivity index is 1.62. The third-order valence-corrected chi connectivity index (χ3v) is 12.3. The first-order chi connectivity index (χ1) is 14.3. The molecule has 5 aliphatic carbocycles. The van der Waals surface area contributed by atoms with Gasteiger partial charge < -0.3 is 5.11 Å². The fourth-order valence-electron chi connectivity index (χ4n) is 10.6. The number of aliphatic hydroxyl groups excluding tert-OH is 1. The number of fused-ring (bicyclic) bond motifs is 7. The lowest BCUT2D eigenvalue weighted by Gasteiger charge is -2.67. The molecule has 3 fully saturated rings. The van der Waals surface area contributed by atoms with Gasteiger partial charge in [0.15, 0.2) is 0 Å². The van der Waals surface area contributed by atoms with Gasteiger partial charge in [-0.15, -0.1) is 0 Å². The van der Waals surface area contributed by atoms with Crippen molar-refractivity contribution >= 4 is 0 Å². The fraction of sp³-hybridized carbons (Fsp3) is 0.867. The summed E-state index contributed by atoms with van der Waals surface area (Å²) in [6, 6.07) is 0. The summed E-state index contributed by atoms with van der Waals surface area (Å²) in [5.41, 5.74) is 4.83. The number of rotatable bonds is 0. The van der Waals surface area contributed by atoms with E-state index in [2.05, 4.69) is 67.5 Å². The van der Waals surface area contributed by atoms with Crippen LogP contribution in [0.4, 0.5) is 0 Å². The monoisotopic (exact) mass is 424 g/mol. The highest BCUT2D eigenvalue weighted by atomic mass is 16.3. The molecule has 5 aliphatic rings. The molecule has 0 aromatic carbocycles. The van der Waals surface area contributed by atoms with Crippen LogP contribution in [0.1, 0.15) is 107 Å². The first-order valence-electron chi connectivity index (χ1n) is 13.4. The average molecular weight is 425 g/mol. The molecule has 0 aromatic heterocycles. The van der Waals surface area contributed by atoms with E-state index < -0.39 is 0 Å². The van der Waals surface area contributed by atoms with Crippen LogP contribution >= 0.6 is 0 Å². The predicted octanol–water partition coefficient (Wildman–Crippen LogP) is 7.94. The first-order valence-corrected chi connectivity index (χ1v) is 13.4. The molecule has 0 saturated heterocycles. The highest BCUT2D eigenvalue weighted by Crippen LogP contribution is 2.73. The molecule has 174 valence electrons. The molecular weight excluding hydrogens is 376 g/mol. The Bertz CT molecular complexity index is 833. The van der Waals surface area contributed by atoms with Crippen molar-refractivity contribution in [2.24, 2.45) is 50.7 Å². The van der Waals surface area contributed by atoms with Crippen molar-refractivity contribution in [1.29, 1.82) is 0 Å². The Kier molecular flexibility index (Phi) is 4.68. The van der Waals surface area contributed by atoms with Gasteiger partial charge in [0.25, 0.3) is 0 Å². The summed E-state index contributed by atoms with van der Waals surface area (Å²) in [6.07, 6.45) is 15.3. The average Bonchev–Trinajstić information content (AvgIpc) is 2.67. The maximum absolute atomic E-state index is 10.9. The standard InChI is InChI=1S/C30H48O/c1-19-9-14-27(5)15-10-23-29(7)16-11-21-26(3,4)24(31)13-18-28(21,6)22(29)12-17-30(23,8)25(27)20(19)2/h10,12,19-21,24-25,31H,9,11,13-18H2,1-8H3/t19-,20+,21+,24+,25-,27-,28+,29-,30-/m1/s1. The highest BCUT2D eigenvalue weighted by molar-refractivity contribution is 5.46. The molecule has 3 saturated carbocycles. The molecule has 0 aliphatic heterocycles. The Morgan fingerprint density at radius 1 is 0.774 bits per heavy atom. The van der Waals surface area contributed by atoms with Crippen LogP contribution in [0.25, 0.3) is 0 Å². The van der Waals surface area contributed by atoms with Crippen molar-refractivity contribution in [3.63, 3.8) is 0 Å². The van der Waals surface area contributed by atoms with E-state index in [0.29, 0.717) is 16.7 Å². The maximum Gasteiger partial charge on any atom is 0.0594 e. The van der Waals surface area contributed by atoms with E-state index in [1.165, 1.54) is 38.5 Å². The maximum atomic E-state index is 10.9. The second-order valence-electron chi connectivity index (χ2n) is 14.3. The van der Waals surface area contributed by atoms with Gasteiger partial charge in [-0.25, -0.2) is 0 Å². The van der Waals surface area contributed by atoms with Crippen LogP contribution in [0.2, 0.25) is 0 Å². The largest absolute Gasteiger partial charge is 0.393 e. The first kappa shape index (κ1) is 22.2. The minimum absolute atomic E-state index is 0.0166. The van der Waals surface area contributed by atoms with E-state index in [1.54, 1.807) is 5.57 Å². The van der Waals surface area contributed by atoms with Crippen molar-refractivity contribution in [3.8, 4) is 0 Å². The van der Waals surface area contributed by atoms with E-state index in [0.717, 1.165) is 30.6 Å². The third kappa shape index (κ3) is 2.65. The second-order valence-corrected chi connectivity index (χ2v) is 14.3. The van der Waals surface area contributed by atoms with Gasteiger partial charge in [-0.05, 0) is 96.7 Å². The fourth-order valence-corrected chi connectivity index (χ4v) is 10.6. The van der Waals surface area contributed by atoms with Gasteiger partial charge >= 0.3 is 0 Å². The summed E-state index contributed by atoms with van der Waals surface area (Å²) in [5, 5.41) is 10.9. The molecular formula is C30H48O.